The molecule has 6 nitrogen and oxygen atoms in total. The predicted molar refractivity (Wildman–Crippen MR) is 83.8 cm³/mol. The van der Waals surface area contributed by atoms with Crippen molar-refractivity contribution in [3.05, 3.63) is 29.3 Å². The first kappa shape index (κ1) is 18.0. The third-order valence-electron chi connectivity index (χ3n) is 2.95. The lowest BCUT2D eigenvalue weighted by Crippen LogP contribution is -2.34. The standard InChI is InChI=1S/C15H19ClN2O4/c1-18(14(20)7-2-3-8-15(21)22)10-13(19)17-12-6-4-5-11(16)9-12/h4-6,9H,2-3,7-8,10H2,1H3,(H,17,19)(H,21,22). The highest BCUT2D eigenvalue weighted by Gasteiger charge is 2.13. The minimum absolute atomic E-state index is 0.0479. The number of rotatable bonds is 8. The van der Waals surface area contributed by atoms with Gasteiger partial charge in [-0.3, -0.25) is 14.4 Å². The van der Waals surface area contributed by atoms with Crippen LogP contribution in [-0.4, -0.2) is 41.4 Å². The van der Waals surface area contributed by atoms with Crippen LogP contribution >= 0.6 is 11.6 Å². The molecule has 0 saturated heterocycles. The Hall–Kier alpha value is -2.08. The first-order valence-electron chi connectivity index (χ1n) is 6.89. The second kappa shape index (κ2) is 9.04. The maximum absolute atomic E-state index is 11.8. The third kappa shape index (κ3) is 7.08. The Bertz CT molecular complexity index is 548. The fourth-order valence-corrected chi connectivity index (χ4v) is 2.00. The highest BCUT2D eigenvalue weighted by molar-refractivity contribution is 6.30. The molecule has 7 heteroatoms. The average molecular weight is 327 g/mol. The van der Waals surface area contributed by atoms with Gasteiger partial charge in [0.25, 0.3) is 0 Å². The molecule has 0 aliphatic carbocycles. The Labute approximate surface area is 134 Å². The number of unbranched alkanes of at least 4 members (excludes halogenated alkanes) is 1. The van der Waals surface area contributed by atoms with E-state index in [0.29, 0.717) is 23.6 Å². The van der Waals surface area contributed by atoms with Crippen LogP contribution in [0.5, 0.6) is 0 Å². The van der Waals surface area contributed by atoms with Crippen LogP contribution in [0.15, 0.2) is 24.3 Å². The molecular weight excluding hydrogens is 308 g/mol. The second-order valence-corrected chi connectivity index (χ2v) is 5.35. The first-order chi connectivity index (χ1) is 10.4. The zero-order valence-electron chi connectivity index (χ0n) is 12.3. The van der Waals surface area contributed by atoms with Gasteiger partial charge in [0.1, 0.15) is 0 Å². The fraction of sp³-hybridized carbons (Fsp3) is 0.400. The SMILES string of the molecule is CN(CC(=O)Nc1cccc(Cl)c1)C(=O)CCCCC(=O)O. The molecule has 0 heterocycles. The van der Waals surface area contributed by atoms with Crippen molar-refractivity contribution in [3.8, 4) is 0 Å². The van der Waals surface area contributed by atoms with Crippen molar-refractivity contribution in [1.82, 2.24) is 4.90 Å². The van der Waals surface area contributed by atoms with Crippen molar-refractivity contribution in [2.75, 3.05) is 18.9 Å². The highest BCUT2D eigenvalue weighted by atomic mass is 35.5. The maximum Gasteiger partial charge on any atom is 0.303 e. The van der Waals surface area contributed by atoms with Crippen LogP contribution in [0.1, 0.15) is 25.7 Å². The van der Waals surface area contributed by atoms with E-state index < -0.39 is 5.97 Å². The quantitative estimate of drug-likeness (QED) is 0.718. The van der Waals surface area contributed by atoms with Gasteiger partial charge < -0.3 is 15.3 Å². The fourth-order valence-electron chi connectivity index (χ4n) is 1.81. The summed E-state index contributed by atoms with van der Waals surface area (Å²) < 4.78 is 0. The zero-order chi connectivity index (χ0) is 16.5. The van der Waals surface area contributed by atoms with Gasteiger partial charge in [-0.1, -0.05) is 17.7 Å². The van der Waals surface area contributed by atoms with Gasteiger partial charge in [-0.2, -0.15) is 0 Å². The van der Waals surface area contributed by atoms with Crippen LogP contribution in [0.2, 0.25) is 5.02 Å². The summed E-state index contributed by atoms with van der Waals surface area (Å²) in [6.45, 7) is -0.0652. The van der Waals surface area contributed by atoms with Gasteiger partial charge >= 0.3 is 5.97 Å². The number of likely N-dealkylation sites (N-methyl/N-ethyl adjacent to an activating group) is 1. The summed E-state index contributed by atoms with van der Waals surface area (Å²) in [7, 11) is 1.54. The van der Waals surface area contributed by atoms with Crippen LogP contribution in [0, 0.1) is 0 Å². The molecule has 1 aromatic rings. The van der Waals surface area contributed by atoms with E-state index in [-0.39, 0.29) is 31.2 Å². The molecule has 1 rings (SSSR count). The van der Waals surface area contributed by atoms with Crippen LogP contribution in [-0.2, 0) is 14.4 Å². The second-order valence-electron chi connectivity index (χ2n) is 4.91. The molecule has 0 aliphatic rings. The lowest BCUT2D eigenvalue weighted by molar-refractivity contribution is -0.137. The van der Waals surface area contributed by atoms with Crippen molar-refractivity contribution in [2.45, 2.75) is 25.7 Å². The smallest absolute Gasteiger partial charge is 0.303 e. The monoisotopic (exact) mass is 326 g/mol. The van der Waals surface area contributed by atoms with Crippen molar-refractivity contribution in [2.24, 2.45) is 0 Å². The summed E-state index contributed by atoms with van der Waals surface area (Å²) >= 11 is 5.82. The van der Waals surface area contributed by atoms with Crippen molar-refractivity contribution in [1.29, 1.82) is 0 Å². The van der Waals surface area contributed by atoms with Gasteiger partial charge in [-0.25, -0.2) is 0 Å². The molecule has 1 aromatic carbocycles. The lowest BCUT2D eigenvalue weighted by atomic mass is 10.2. The van der Waals surface area contributed by atoms with E-state index in [2.05, 4.69) is 5.32 Å². The van der Waals surface area contributed by atoms with Crippen LogP contribution in [0.4, 0.5) is 5.69 Å². The van der Waals surface area contributed by atoms with Gasteiger partial charge in [-0.05, 0) is 31.0 Å². The number of nitrogens with zero attached hydrogens (tertiary/aromatic N) is 1. The Balaban J connectivity index is 2.33. The number of hydrogen-bond acceptors (Lipinski definition) is 3. The molecule has 0 fully saturated rings. The average Bonchev–Trinajstić information content (AvgIpc) is 2.42. The number of carbonyl (C=O) groups excluding carboxylic acids is 2. The minimum atomic E-state index is -0.873. The summed E-state index contributed by atoms with van der Waals surface area (Å²) in [5.74, 6) is -1.38. The first-order valence-corrected chi connectivity index (χ1v) is 7.27. The van der Waals surface area contributed by atoms with Crippen molar-refractivity contribution >= 4 is 35.1 Å². The number of carboxylic acid groups (broad SMARTS) is 1. The highest BCUT2D eigenvalue weighted by Crippen LogP contribution is 2.14. The molecule has 22 heavy (non-hydrogen) atoms. The number of hydrogen-bond donors (Lipinski definition) is 2. The summed E-state index contributed by atoms with van der Waals surface area (Å²) in [6, 6.07) is 6.74. The molecule has 0 saturated carbocycles. The topological polar surface area (TPSA) is 86.7 Å². The maximum atomic E-state index is 11.8. The molecular formula is C15H19ClN2O4. The molecule has 2 N–H and O–H groups in total. The van der Waals surface area contributed by atoms with Gasteiger partial charge in [-0.15, -0.1) is 0 Å². The predicted octanol–water partition coefficient (Wildman–Crippen LogP) is 2.38. The van der Waals surface area contributed by atoms with E-state index in [9.17, 15) is 14.4 Å². The number of carbonyl (C=O) groups is 3. The largest absolute Gasteiger partial charge is 0.481 e. The third-order valence-corrected chi connectivity index (χ3v) is 3.18. The number of carboxylic acids is 1. The van der Waals surface area contributed by atoms with Crippen molar-refractivity contribution < 1.29 is 19.5 Å². The van der Waals surface area contributed by atoms with Gasteiger partial charge in [0.2, 0.25) is 11.8 Å². The normalized spacial score (nSPS) is 10.1. The Morgan fingerprint density at radius 1 is 1.23 bits per heavy atom. The molecule has 0 radical (unpaired) electrons. The number of anilines is 1. The van der Waals surface area contributed by atoms with Crippen molar-refractivity contribution in [3.63, 3.8) is 0 Å². The Morgan fingerprint density at radius 3 is 2.55 bits per heavy atom. The van der Waals surface area contributed by atoms with E-state index in [1.54, 1.807) is 24.3 Å². The van der Waals surface area contributed by atoms with Gasteiger partial charge in [0.05, 0.1) is 6.54 Å². The molecule has 0 aromatic heterocycles. The Kier molecular flexibility index (Phi) is 7.39. The summed E-state index contributed by atoms with van der Waals surface area (Å²) in [5.41, 5.74) is 0.569. The molecule has 0 bridgehead atoms. The Morgan fingerprint density at radius 2 is 1.91 bits per heavy atom. The van der Waals surface area contributed by atoms with Gasteiger partial charge in [0, 0.05) is 30.6 Å². The van der Waals surface area contributed by atoms with Crippen LogP contribution in [0.3, 0.4) is 0 Å². The number of amides is 2. The minimum Gasteiger partial charge on any atom is -0.481 e. The summed E-state index contributed by atoms with van der Waals surface area (Å²) in [6.07, 6.45) is 1.22. The molecule has 0 aliphatic heterocycles. The molecule has 120 valence electrons. The number of benzene rings is 1. The van der Waals surface area contributed by atoms with E-state index in [1.807, 2.05) is 0 Å². The number of nitrogens with one attached hydrogen (secondary N) is 1. The number of halogens is 1. The van der Waals surface area contributed by atoms with E-state index in [4.69, 9.17) is 16.7 Å². The van der Waals surface area contributed by atoms with Gasteiger partial charge in [0.15, 0.2) is 0 Å². The molecule has 2 amide bonds. The zero-order valence-corrected chi connectivity index (χ0v) is 13.1. The lowest BCUT2D eigenvalue weighted by Gasteiger charge is -2.16. The molecule has 0 atom stereocenters. The van der Waals surface area contributed by atoms with Crippen LogP contribution in [0.25, 0.3) is 0 Å². The van der Waals surface area contributed by atoms with E-state index in [0.717, 1.165) is 0 Å². The van der Waals surface area contributed by atoms with Crippen LogP contribution < -0.4 is 5.32 Å². The number of aliphatic carboxylic acids is 1. The summed E-state index contributed by atoms with van der Waals surface area (Å²) in [5, 5.41) is 11.7. The molecule has 0 spiro atoms. The summed E-state index contributed by atoms with van der Waals surface area (Å²) in [4.78, 5) is 35.3. The molecule has 0 unspecified atom stereocenters. The van der Waals surface area contributed by atoms with E-state index >= 15 is 0 Å². The van der Waals surface area contributed by atoms with E-state index in [1.165, 1.54) is 11.9 Å².